The second-order valence-electron chi connectivity index (χ2n) is 6.31. The Balaban J connectivity index is 1.51. The summed E-state index contributed by atoms with van der Waals surface area (Å²) in [5, 5.41) is 17.3. The molecule has 3 rings (SSSR count). The second kappa shape index (κ2) is 7.90. The third-order valence-corrected chi connectivity index (χ3v) is 4.33. The lowest BCUT2D eigenvalue weighted by molar-refractivity contribution is -0.384. The first-order chi connectivity index (χ1) is 12.1. The first-order valence-electron chi connectivity index (χ1n) is 8.41. The first kappa shape index (κ1) is 17.1. The fraction of sp³-hybridized carbons (Fsp3) is 0.316. The van der Waals surface area contributed by atoms with E-state index in [1.807, 2.05) is 11.1 Å². The number of nitrogens with zero attached hydrogens (tertiary/aromatic N) is 4. The SMILES string of the molecule is Cc1ccc(CN2CCN(/N=C/c3cccc([N+](=O)[O-])c3)CC2)cc1. The molecule has 1 fully saturated rings. The van der Waals surface area contributed by atoms with Crippen LogP contribution in [0.15, 0.2) is 53.6 Å². The Morgan fingerprint density at radius 1 is 1.12 bits per heavy atom. The number of aryl methyl sites for hydroxylation is 1. The van der Waals surface area contributed by atoms with Crippen LogP contribution in [0.25, 0.3) is 0 Å². The van der Waals surface area contributed by atoms with Crippen molar-refractivity contribution in [2.75, 3.05) is 26.2 Å². The molecule has 0 N–H and O–H groups in total. The maximum absolute atomic E-state index is 10.8. The summed E-state index contributed by atoms with van der Waals surface area (Å²) >= 11 is 0. The predicted octanol–water partition coefficient (Wildman–Crippen LogP) is 3.05. The molecule has 1 saturated heterocycles. The highest BCUT2D eigenvalue weighted by molar-refractivity contribution is 5.80. The van der Waals surface area contributed by atoms with Crippen molar-refractivity contribution in [3.05, 3.63) is 75.3 Å². The molecule has 0 amide bonds. The smallest absolute Gasteiger partial charge is 0.270 e. The minimum Gasteiger partial charge on any atom is -0.295 e. The Kier molecular flexibility index (Phi) is 5.40. The number of hydrazone groups is 1. The van der Waals surface area contributed by atoms with E-state index in [0.717, 1.165) is 38.3 Å². The number of non-ortho nitro benzene ring substituents is 1. The Morgan fingerprint density at radius 2 is 1.84 bits per heavy atom. The van der Waals surface area contributed by atoms with Crippen molar-refractivity contribution < 1.29 is 4.92 Å². The molecule has 0 saturated carbocycles. The molecular formula is C19H22N4O2. The fourth-order valence-electron chi connectivity index (χ4n) is 2.83. The molecule has 0 aliphatic carbocycles. The maximum atomic E-state index is 10.8. The molecule has 130 valence electrons. The van der Waals surface area contributed by atoms with Crippen molar-refractivity contribution in [2.45, 2.75) is 13.5 Å². The molecule has 6 nitrogen and oxygen atoms in total. The monoisotopic (exact) mass is 338 g/mol. The topological polar surface area (TPSA) is 62.0 Å². The average molecular weight is 338 g/mol. The van der Waals surface area contributed by atoms with E-state index >= 15 is 0 Å². The zero-order valence-electron chi connectivity index (χ0n) is 14.3. The van der Waals surface area contributed by atoms with Gasteiger partial charge >= 0.3 is 0 Å². The van der Waals surface area contributed by atoms with Gasteiger partial charge in [-0.3, -0.25) is 20.0 Å². The highest BCUT2D eigenvalue weighted by atomic mass is 16.6. The van der Waals surface area contributed by atoms with E-state index in [0.29, 0.717) is 0 Å². The quantitative estimate of drug-likeness (QED) is 0.477. The standard InChI is InChI=1S/C19H22N4O2/c1-16-5-7-17(8-6-16)15-21-9-11-22(12-10-21)20-14-18-3-2-4-19(13-18)23(24)25/h2-8,13-14H,9-12,15H2,1H3/b20-14+. The lowest BCUT2D eigenvalue weighted by Crippen LogP contribution is -2.43. The van der Waals surface area contributed by atoms with Crippen LogP contribution in [0, 0.1) is 17.0 Å². The molecule has 2 aromatic rings. The van der Waals surface area contributed by atoms with Gasteiger partial charge < -0.3 is 0 Å². The van der Waals surface area contributed by atoms with Crippen LogP contribution in [0.1, 0.15) is 16.7 Å². The van der Waals surface area contributed by atoms with Crippen LogP contribution in [0.5, 0.6) is 0 Å². The molecule has 0 atom stereocenters. The molecule has 0 spiro atoms. The van der Waals surface area contributed by atoms with E-state index < -0.39 is 0 Å². The van der Waals surface area contributed by atoms with Crippen molar-refractivity contribution in [1.82, 2.24) is 9.91 Å². The van der Waals surface area contributed by atoms with E-state index in [2.05, 4.69) is 41.2 Å². The number of piperazine rings is 1. The van der Waals surface area contributed by atoms with Gasteiger partial charge in [0.2, 0.25) is 0 Å². The summed E-state index contributed by atoms with van der Waals surface area (Å²) < 4.78 is 0. The average Bonchev–Trinajstić information content (AvgIpc) is 2.63. The molecule has 25 heavy (non-hydrogen) atoms. The van der Waals surface area contributed by atoms with Crippen molar-refractivity contribution >= 4 is 11.9 Å². The Labute approximate surface area is 147 Å². The van der Waals surface area contributed by atoms with Gasteiger partial charge in [-0.1, -0.05) is 42.0 Å². The third-order valence-electron chi connectivity index (χ3n) is 4.33. The van der Waals surface area contributed by atoms with Gasteiger partial charge in [0.15, 0.2) is 0 Å². The zero-order valence-corrected chi connectivity index (χ0v) is 14.3. The van der Waals surface area contributed by atoms with Crippen LogP contribution in [-0.4, -0.2) is 47.2 Å². The number of nitro benzene ring substituents is 1. The Morgan fingerprint density at radius 3 is 2.52 bits per heavy atom. The largest absolute Gasteiger partial charge is 0.295 e. The van der Waals surface area contributed by atoms with E-state index in [-0.39, 0.29) is 10.6 Å². The van der Waals surface area contributed by atoms with Gasteiger partial charge in [-0.25, -0.2) is 0 Å². The van der Waals surface area contributed by atoms with Crippen LogP contribution in [0.3, 0.4) is 0 Å². The summed E-state index contributed by atoms with van der Waals surface area (Å²) in [4.78, 5) is 12.8. The fourth-order valence-corrected chi connectivity index (χ4v) is 2.83. The van der Waals surface area contributed by atoms with Crippen LogP contribution in [0.4, 0.5) is 5.69 Å². The second-order valence-corrected chi connectivity index (χ2v) is 6.31. The van der Waals surface area contributed by atoms with Crippen LogP contribution < -0.4 is 0 Å². The minimum absolute atomic E-state index is 0.0897. The number of benzene rings is 2. The molecule has 0 unspecified atom stereocenters. The van der Waals surface area contributed by atoms with Crippen molar-refractivity contribution in [2.24, 2.45) is 5.10 Å². The zero-order chi connectivity index (χ0) is 17.6. The summed E-state index contributed by atoms with van der Waals surface area (Å²) in [5.41, 5.74) is 3.45. The van der Waals surface area contributed by atoms with E-state index in [1.54, 1.807) is 12.3 Å². The van der Waals surface area contributed by atoms with Gasteiger partial charge in [-0.2, -0.15) is 5.10 Å². The van der Waals surface area contributed by atoms with Crippen molar-refractivity contribution in [3.63, 3.8) is 0 Å². The van der Waals surface area contributed by atoms with Gasteiger partial charge in [-0.15, -0.1) is 0 Å². The molecule has 1 aliphatic rings. The van der Waals surface area contributed by atoms with Gasteiger partial charge in [0, 0.05) is 50.4 Å². The van der Waals surface area contributed by atoms with E-state index in [1.165, 1.54) is 23.3 Å². The van der Waals surface area contributed by atoms with Crippen molar-refractivity contribution in [3.8, 4) is 0 Å². The maximum Gasteiger partial charge on any atom is 0.270 e. The van der Waals surface area contributed by atoms with Crippen LogP contribution >= 0.6 is 0 Å². The summed E-state index contributed by atoms with van der Waals surface area (Å²) in [6.07, 6.45) is 1.70. The Hall–Kier alpha value is -2.73. The van der Waals surface area contributed by atoms with Gasteiger partial charge in [-0.05, 0) is 12.5 Å². The number of nitro groups is 1. The number of hydrogen-bond acceptors (Lipinski definition) is 5. The summed E-state index contributed by atoms with van der Waals surface area (Å²) in [5.74, 6) is 0. The summed E-state index contributed by atoms with van der Waals surface area (Å²) in [6.45, 7) is 6.69. The van der Waals surface area contributed by atoms with Crippen LogP contribution in [0.2, 0.25) is 0 Å². The molecule has 0 bridgehead atoms. The van der Waals surface area contributed by atoms with Crippen molar-refractivity contribution in [1.29, 1.82) is 0 Å². The summed E-state index contributed by atoms with van der Waals surface area (Å²) in [7, 11) is 0. The highest BCUT2D eigenvalue weighted by Gasteiger charge is 2.15. The molecule has 1 aliphatic heterocycles. The molecule has 6 heteroatoms. The number of rotatable bonds is 5. The predicted molar refractivity (Wildman–Crippen MR) is 98.7 cm³/mol. The first-order valence-corrected chi connectivity index (χ1v) is 8.41. The lowest BCUT2D eigenvalue weighted by Gasteiger charge is -2.33. The Bertz CT molecular complexity index is 750. The van der Waals surface area contributed by atoms with Gasteiger partial charge in [0.1, 0.15) is 0 Å². The third kappa shape index (κ3) is 4.87. The van der Waals surface area contributed by atoms with Gasteiger partial charge in [0.05, 0.1) is 11.1 Å². The highest BCUT2D eigenvalue weighted by Crippen LogP contribution is 2.13. The van der Waals surface area contributed by atoms with Crippen LogP contribution in [-0.2, 0) is 6.54 Å². The molecule has 2 aromatic carbocycles. The minimum atomic E-state index is -0.388. The van der Waals surface area contributed by atoms with Gasteiger partial charge in [0.25, 0.3) is 5.69 Å². The molecule has 0 radical (unpaired) electrons. The van der Waals surface area contributed by atoms with E-state index in [9.17, 15) is 10.1 Å². The normalized spacial score (nSPS) is 15.6. The number of hydrogen-bond donors (Lipinski definition) is 0. The molecular weight excluding hydrogens is 316 g/mol. The molecule has 0 aromatic heterocycles. The summed E-state index contributed by atoms with van der Waals surface area (Å²) in [6, 6.07) is 15.2. The van der Waals surface area contributed by atoms with E-state index in [4.69, 9.17) is 0 Å². The molecule has 1 heterocycles. The lowest BCUT2D eigenvalue weighted by atomic mass is 10.1.